The van der Waals surface area contributed by atoms with E-state index < -0.39 is 0 Å². The number of nitrogen functional groups attached to an aromatic ring is 1. The highest BCUT2D eigenvalue weighted by Crippen LogP contribution is 2.14. The van der Waals surface area contributed by atoms with E-state index in [0.29, 0.717) is 23.2 Å². The first-order chi connectivity index (χ1) is 7.70. The molecule has 0 amide bonds. The highest BCUT2D eigenvalue weighted by Gasteiger charge is 2.08. The molecule has 0 saturated carbocycles. The van der Waals surface area contributed by atoms with E-state index in [0.717, 1.165) is 0 Å². The Kier molecular flexibility index (Phi) is 3.09. The minimum absolute atomic E-state index is 0.261. The molecule has 0 atom stereocenters. The molecule has 84 valence electrons. The lowest BCUT2D eigenvalue weighted by Crippen LogP contribution is -2.07. The van der Waals surface area contributed by atoms with Crippen molar-refractivity contribution in [3.8, 4) is 0 Å². The van der Waals surface area contributed by atoms with Gasteiger partial charge in [0.1, 0.15) is 5.82 Å². The molecular formula is C10H11FN4S. The summed E-state index contributed by atoms with van der Waals surface area (Å²) in [6.45, 7) is 0.298. The highest BCUT2D eigenvalue weighted by molar-refractivity contribution is 7.98. The van der Waals surface area contributed by atoms with Crippen LogP contribution in [0.25, 0.3) is 0 Å². The summed E-state index contributed by atoms with van der Waals surface area (Å²) in [7, 11) is 0. The SMILES string of the molecule is CSc1nc(N)n(Cc2ccccc2F)n1. The molecule has 0 saturated heterocycles. The third-order valence-electron chi connectivity index (χ3n) is 2.14. The Morgan fingerprint density at radius 3 is 2.81 bits per heavy atom. The van der Waals surface area contributed by atoms with Crippen molar-refractivity contribution in [3.63, 3.8) is 0 Å². The van der Waals surface area contributed by atoms with E-state index in [9.17, 15) is 4.39 Å². The van der Waals surface area contributed by atoms with Crippen LogP contribution < -0.4 is 5.73 Å². The number of hydrogen-bond acceptors (Lipinski definition) is 4. The number of anilines is 1. The maximum atomic E-state index is 13.4. The Labute approximate surface area is 96.7 Å². The quantitative estimate of drug-likeness (QED) is 0.828. The average Bonchev–Trinajstić information content (AvgIpc) is 2.63. The predicted molar refractivity (Wildman–Crippen MR) is 61.7 cm³/mol. The summed E-state index contributed by atoms with van der Waals surface area (Å²) in [6.07, 6.45) is 1.86. The Hall–Kier alpha value is -1.56. The van der Waals surface area contributed by atoms with Gasteiger partial charge in [-0.1, -0.05) is 30.0 Å². The number of aromatic nitrogens is 3. The minimum Gasteiger partial charge on any atom is -0.368 e. The second-order valence-corrected chi connectivity index (χ2v) is 3.98. The molecule has 0 unspecified atom stereocenters. The number of rotatable bonds is 3. The van der Waals surface area contributed by atoms with Gasteiger partial charge in [0.15, 0.2) is 0 Å². The Morgan fingerprint density at radius 1 is 1.44 bits per heavy atom. The molecule has 0 aliphatic heterocycles. The number of hydrogen-bond donors (Lipinski definition) is 1. The number of halogens is 1. The lowest BCUT2D eigenvalue weighted by atomic mass is 10.2. The van der Waals surface area contributed by atoms with Crippen LogP contribution in [0, 0.1) is 5.82 Å². The van der Waals surface area contributed by atoms with Crippen molar-refractivity contribution in [2.45, 2.75) is 11.7 Å². The molecule has 0 bridgehead atoms. The molecule has 6 heteroatoms. The number of nitrogens with zero attached hydrogens (tertiary/aromatic N) is 3. The van der Waals surface area contributed by atoms with Crippen LogP contribution in [0.2, 0.25) is 0 Å². The van der Waals surface area contributed by atoms with Gasteiger partial charge < -0.3 is 5.73 Å². The summed E-state index contributed by atoms with van der Waals surface area (Å²) in [5, 5.41) is 4.73. The van der Waals surface area contributed by atoms with E-state index in [4.69, 9.17) is 5.73 Å². The van der Waals surface area contributed by atoms with E-state index in [-0.39, 0.29) is 5.82 Å². The molecule has 2 N–H and O–H groups in total. The summed E-state index contributed by atoms with van der Waals surface area (Å²) in [5.41, 5.74) is 6.22. The molecule has 1 aromatic heterocycles. The van der Waals surface area contributed by atoms with Crippen LogP contribution in [0.15, 0.2) is 29.4 Å². The second kappa shape index (κ2) is 4.52. The largest absolute Gasteiger partial charge is 0.368 e. The van der Waals surface area contributed by atoms with Gasteiger partial charge in [0, 0.05) is 5.56 Å². The van der Waals surface area contributed by atoms with Gasteiger partial charge in [-0.05, 0) is 12.3 Å². The molecule has 4 nitrogen and oxygen atoms in total. The second-order valence-electron chi connectivity index (χ2n) is 3.21. The summed E-state index contributed by atoms with van der Waals surface area (Å²) in [4.78, 5) is 4.03. The topological polar surface area (TPSA) is 56.7 Å². The van der Waals surface area contributed by atoms with Crippen LogP contribution in [0.5, 0.6) is 0 Å². The molecule has 0 spiro atoms. The van der Waals surface area contributed by atoms with Crippen molar-refractivity contribution in [2.75, 3.05) is 12.0 Å². The zero-order chi connectivity index (χ0) is 11.5. The molecule has 0 radical (unpaired) electrons. The first-order valence-corrected chi connectivity index (χ1v) is 5.91. The summed E-state index contributed by atoms with van der Waals surface area (Å²) < 4.78 is 14.9. The monoisotopic (exact) mass is 238 g/mol. The normalized spacial score (nSPS) is 10.6. The number of benzene rings is 1. The molecular weight excluding hydrogens is 227 g/mol. The average molecular weight is 238 g/mol. The molecule has 2 aromatic rings. The summed E-state index contributed by atoms with van der Waals surface area (Å²) in [5.74, 6) is 0.0377. The van der Waals surface area contributed by atoms with E-state index in [1.165, 1.54) is 22.5 Å². The van der Waals surface area contributed by atoms with Crippen molar-refractivity contribution >= 4 is 17.7 Å². The molecule has 0 aliphatic rings. The van der Waals surface area contributed by atoms with Gasteiger partial charge in [-0.3, -0.25) is 0 Å². The van der Waals surface area contributed by atoms with E-state index >= 15 is 0 Å². The molecule has 0 fully saturated rings. The number of thioether (sulfide) groups is 1. The van der Waals surface area contributed by atoms with Gasteiger partial charge in [-0.15, -0.1) is 5.10 Å². The number of nitrogens with two attached hydrogens (primary N) is 1. The van der Waals surface area contributed by atoms with E-state index in [1.807, 2.05) is 6.26 Å². The Bertz CT molecular complexity index is 497. The van der Waals surface area contributed by atoms with Crippen molar-refractivity contribution in [3.05, 3.63) is 35.6 Å². The van der Waals surface area contributed by atoms with Crippen molar-refractivity contribution in [1.82, 2.24) is 14.8 Å². The Balaban J connectivity index is 2.27. The van der Waals surface area contributed by atoms with Crippen molar-refractivity contribution < 1.29 is 4.39 Å². The zero-order valence-corrected chi connectivity index (χ0v) is 9.54. The summed E-state index contributed by atoms with van der Waals surface area (Å²) >= 11 is 1.40. The van der Waals surface area contributed by atoms with Crippen LogP contribution in [-0.4, -0.2) is 21.0 Å². The van der Waals surface area contributed by atoms with Gasteiger partial charge in [0.2, 0.25) is 11.1 Å². The highest BCUT2D eigenvalue weighted by atomic mass is 32.2. The van der Waals surface area contributed by atoms with Crippen molar-refractivity contribution in [1.29, 1.82) is 0 Å². The fourth-order valence-corrected chi connectivity index (χ4v) is 1.69. The van der Waals surface area contributed by atoms with Gasteiger partial charge >= 0.3 is 0 Å². The third kappa shape index (κ3) is 2.16. The zero-order valence-electron chi connectivity index (χ0n) is 8.72. The van der Waals surface area contributed by atoms with Crippen LogP contribution in [-0.2, 0) is 6.54 Å². The van der Waals surface area contributed by atoms with Crippen LogP contribution >= 0.6 is 11.8 Å². The van der Waals surface area contributed by atoms with E-state index in [2.05, 4.69) is 10.1 Å². The van der Waals surface area contributed by atoms with Crippen LogP contribution in [0.1, 0.15) is 5.56 Å². The van der Waals surface area contributed by atoms with Gasteiger partial charge in [0.05, 0.1) is 6.54 Å². The molecule has 0 aliphatic carbocycles. The standard InChI is InChI=1S/C10H11FN4S/c1-16-10-13-9(12)15(14-10)6-7-4-2-3-5-8(7)11/h2-5H,6H2,1H3,(H2,12,13,14). The first-order valence-electron chi connectivity index (χ1n) is 4.68. The molecule has 1 aromatic carbocycles. The molecule has 2 rings (SSSR count). The Morgan fingerprint density at radius 2 is 2.19 bits per heavy atom. The maximum Gasteiger partial charge on any atom is 0.219 e. The first kappa shape index (κ1) is 10.9. The fraction of sp³-hybridized carbons (Fsp3) is 0.200. The lowest BCUT2D eigenvalue weighted by molar-refractivity contribution is 0.584. The maximum absolute atomic E-state index is 13.4. The molecule has 1 heterocycles. The van der Waals surface area contributed by atoms with Gasteiger partial charge in [-0.25, -0.2) is 9.07 Å². The smallest absolute Gasteiger partial charge is 0.219 e. The van der Waals surface area contributed by atoms with Crippen molar-refractivity contribution in [2.24, 2.45) is 0 Å². The fourth-order valence-electron chi connectivity index (χ4n) is 1.32. The lowest BCUT2D eigenvalue weighted by Gasteiger charge is -2.03. The van der Waals surface area contributed by atoms with E-state index in [1.54, 1.807) is 18.2 Å². The predicted octanol–water partition coefficient (Wildman–Crippen LogP) is 1.77. The molecule has 16 heavy (non-hydrogen) atoms. The van der Waals surface area contributed by atoms with Gasteiger partial charge in [-0.2, -0.15) is 4.98 Å². The third-order valence-corrected chi connectivity index (χ3v) is 2.68. The van der Waals surface area contributed by atoms with Crippen LogP contribution in [0.3, 0.4) is 0 Å². The van der Waals surface area contributed by atoms with Crippen LogP contribution in [0.4, 0.5) is 10.3 Å². The summed E-state index contributed by atoms with van der Waals surface area (Å²) in [6, 6.07) is 6.55. The minimum atomic E-state index is -0.261. The van der Waals surface area contributed by atoms with Gasteiger partial charge in [0.25, 0.3) is 0 Å².